The molecule has 0 spiro atoms. The van der Waals surface area contributed by atoms with E-state index in [4.69, 9.17) is 27.1 Å². The quantitative estimate of drug-likeness (QED) is 0.342. The van der Waals surface area contributed by atoms with Crippen molar-refractivity contribution in [2.24, 2.45) is 5.92 Å². The molecule has 4 aromatic heterocycles. The monoisotopic (exact) mass is 556 g/mol. The zero-order valence-electron chi connectivity index (χ0n) is 18.8. The largest absolute Gasteiger partial charge is 0.481 e. The molecule has 3 N–H and O–H groups in total. The topological polar surface area (TPSA) is 129 Å². The van der Waals surface area contributed by atoms with Crippen molar-refractivity contribution in [1.82, 2.24) is 24.6 Å². The first kappa shape index (κ1) is 23.5. The number of nitrogens with zero attached hydrogens (tertiary/aromatic N) is 5. The fourth-order valence-electron chi connectivity index (χ4n) is 4.54. The summed E-state index contributed by atoms with van der Waals surface area (Å²) in [7, 11) is 1.52. The van der Waals surface area contributed by atoms with Crippen LogP contribution in [-0.4, -0.2) is 42.8 Å². The summed E-state index contributed by atoms with van der Waals surface area (Å²) in [4.78, 5) is 25.1. The van der Waals surface area contributed by atoms with Gasteiger partial charge in [-0.3, -0.25) is 9.78 Å². The number of carboxylic acids is 1. The van der Waals surface area contributed by atoms with E-state index in [-0.39, 0.29) is 11.8 Å². The Labute approximate surface area is 214 Å². The molecule has 11 heteroatoms. The van der Waals surface area contributed by atoms with Crippen molar-refractivity contribution in [2.45, 2.75) is 31.6 Å². The summed E-state index contributed by atoms with van der Waals surface area (Å²) in [6, 6.07) is 5.58. The van der Waals surface area contributed by atoms with Crippen LogP contribution in [0, 0.1) is 5.92 Å². The van der Waals surface area contributed by atoms with Gasteiger partial charge in [-0.05, 0) is 53.7 Å². The molecule has 0 saturated heterocycles. The molecular weight excluding hydrogens is 536 g/mol. The van der Waals surface area contributed by atoms with Crippen LogP contribution >= 0.6 is 27.5 Å². The smallest absolute Gasteiger partial charge is 0.306 e. The van der Waals surface area contributed by atoms with Gasteiger partial charge >= 0.3 is 5.97 Å². The highest BCUT2D eigenvalue weighted by atomic mass is 79.9. The van der Waals surface area contributed by atoms with Crippen molar-refractivity contribution < 1.29 is 14.6 Å². The average Bonchev–Trinajstić information content (AvgIpc) is 3.30. The van der Waals surface area contributed by atoms with Crippen LogP contribution in [0.4, 0.5) is 5.82 Å². The SMILES string of the molecule is COc1ncc(-c2ccc(-c3cnn4c(N)c(Br)c(C5CCC(C(=O)O)CC5)nc34)cn2)cc1Cl. The number of rotatable bonds is 5. The van der Waals surface area contributed by atoms with Crippen molar-refractivity contribution >= 4 is 45.0 Å². The Kier molecular flexibility index (Phi) is 6.33. The predicted octanol–water partition coefficient (Wildman–Crippen LogP) is 5.22. The Morgan fingerprint density at radius 3 is 2.54 bits per heavy atom. The fraction of sp³-hybridized carbons (Fsp3) is 0.292. The standard InChI is InChI=1S/C24H22BrClN6O3/c1-35-23-17(26)8-15(10-29-23)18-7-6-14(9-28-18)16-11-30-32-21(27)19(25)20(31-22(16)32)12-2-4-13(5-3-12)24(33)34/h6-13H,2-5,27H2,1H3,(H,33,34). The van der Waals surface area contributed by atoms with E-state index in [1.165, 1.54) is 7.11 Å². The van der Waals surface area contributed by atoms with Crippen LogP contribution in [0.3, 0.4) is 0 Å². The molecule has 0 aliphatic heterocycles. The van der Waals surface area contributed by atoms with E-state index in [2.05, 4.69) is 31.0 Å². The summed E-state index contributed by atoms with van der Waals surface area (Å²) in [6.45, 7) is 0. The second-order valence-electron chi connectivity index (χ2n) is 8.52. The van der Waals surface area contributed by atoms with Crippen LogP contribution in [0.1, 0.15) is 37.3 Å². The number of pyridine rings is 2. The summed E-state index contributed by atoms with van der Waals surface area (Å²) in [5.74, 6) is -0.0763. The van der Waals surface area contributed by atoms with Crippen LogP contribution in [0.2, 0.25) is 5.02 Å². The Hall–Kier alpha value is -3.24. The zero-order valence-corrected chi connectivity index (χ0v) is 21.1. The van der Waals surface area contributed by atoms with Gasteiger partial charge in [0.25, 0.3) is 0 Å². The molecule has 1 aliphatic carbocycles. The van der Waals surface area contributed by atoms with Gasteiger partial charge < -0.3 is 15.6 Å². The summed E-state index contributed by atoms with van der Waals surface area (Å²) >= 11 is 9.80. The number of aromatic nitrogens is 5. The molecule has 180 valence electrons. The number of nitrogen functional groups attached to an aromatic ring is 1. The van der Waals surface area contributed by atoms with Crippen molar-refractivity contribution in [2.75, 3.05) is 12.8 Å². The van der Waals surface area contributed by atoms with Gasteiger partial charge in [0.15, 0.2) is 5.65 Å². The van der Waals surface area contributed by atoms with Crippen LogP contribution in [0.25, 0.3) is 28.0 Å². The number of halogens is 2. The van der Waals surface area contributed by atoms with Crippen molar-refractivity contribution in [3.8, 4) is 28.3 Å². The van der Waals surface area contributed by atoms with Gasteiger partial charge in [0.05, 0.1) is 35.1 Å². The number of aliphatic carboxylic acids is 1. The average molecular weight is 558 g/mol. The third kappa shape index (κ3) is 4.32. The summed E-state index contributed by atoms with van der Waals surface area (Å²) in [6.07, 6.45) is 7.88. The number of fused-ring (bicyclic) bond motifs is 1. The maximum atomic E-state index is 11.3. The van der Waals surface area contributed by atoms with Crippen LogP contribution in [-0.2, 0) is 4.79 Å². The van der Waals surface area contributed by atoms with Gasteiger partial charge in [-0.2, -0.15) is 9.61 Å². The predicted molar refractivity (Wildman–Crippen MR) is 135 cm³/mol. The minimum atomic E-state index is -0.729. The van der Waals surface area contributed by atoms with Gasteiger partial charge in [-0.15, -0.1) is 0 Å². The Morgan fingerprint density at radius 2 is 1.91 bits per heavy atom. The Morgan fingerprint density at radius 1 is 1.17 bits per heavy atom. The van der Waals surface area contributed by atoms with Crippen LogP contribution < -0.4 is 10.5 Å². The first-order chi connectivity index (χ1) is 16.9. The lowest BCUT2D eigenvalue weighted by molar-refractivity contribution is -0.142. The third-order valence-corrected chi connectivity index (χ3v) is 7.57. The lowest BCUT2D eigenvalue weighted by Crippen LogP contribution is -2.21. The van der Waals surface area contributed by atoms with E-state index in [9.17, 15) is 9.90 Å². The molecule has 35 heavy (non-hydrogen) atoms. The number of carboxylic acid groups (broad SMARTS) is 1. The summed E-state index contributed by atoms with van der Waals surface area (Å²) in [5, 5.41) is 14.2. The maximum Gasteiger partial charge on any atom is 0.306 e. The summed E-state index contributed by atoms with van der Waals surface area (Å²) in [5.41, 5.74) is 11.0. The van der Waals surface area contributed by atoms with Gasteiger partial charge in [0.2, 0.25) is 5.88 Å². The van der Waals surface area contributed by atoms with E-state index in [1.807, 2.05) is 12.1 Å². The molecule has 9 nitrogen and oxygen atoms in total. The van der Waals surface area contributed by atoms with Crippen molar-refractivity contribution in [3.05, 3.63) is 52.0 Å². The lowest BCUT2D eigenvalue weighted by Gasteiger charge is -2.26. The first-order valence-electron chi connectivity index (χ1n) is 11.1. The van der Waals surface area contributed by atoms with Gasteiger partial charge in [0.1, 0.15) is 10.8 Å². The van der Waals surface area contributed by atoms with Crippen LogP contribution in [0.5, 0.6) is 5.88 Å². The second kappa shape index (κ2) is 9.43. The Balaban J connectivity index is 1.48. The van der Waals surface area contributed by atoms with E-state index in [1.54, 1.807) is 29.2 Å². The number of nitrogens with two attached hydrogens (primary N) is 1. The fourth-order valence-corrected chi connectivity index (χ4v) is 5.36. The van der Waals surface area contributed by atoms with E-state index in [0.717, 1.165) is 35.2 Å². The molecule has 0 radical (unpaired) electrons. The van der Waals surface area contributed by atoms with E-state index in [0.29, 0.717) is 45.4 Å². The molecule has 1 saturated carbocycles. The minimum absolute atomic E-state index is 0.128. The number of anilines is 1. The van der Waals surface area contributed by atoms with Crippen molar-refractivity contribution in [3.63, 3.8) is 0 Å². The van der Waals surface area contributed by atoms with Gasteiger partial charge in [-0.1, -0.05) is 17.7 Å². The van der Waals surface area contributed by atoms with Gasteiger partial charge in [-0.25, -0.2) is 9.97 Å². The molecule has 4 aromatic rings. The normalized spacial score (nSPS) is 18.0. The molecule has 5 rings (SSSR count). The first-order valence-corrected chi connectivity index (χ1v) is 12.3. The number of ether oxygens (including phenoxy) is 1. The minimum Gasteiger partial charge on any atom is -0.481 e. The third-order valence-electron chi connectivity index (χ3n) is 6.48. The molecule has 0 bridgehead atoms. The number of carbonyl (C=O) groups is 1. The zero-order chi connectivity index (χ0) is 24.7. The highest BCUT2D eigenvalue weighted by Crippen LogP contribution is 2.40. The molecule has 1 fully saturated rings. The molecule has 0 amide bonds. The summed E-state index contributed by atoms with van der Waals surface area (Å²) < 4.78 is 7.42. The van der Waals surface area contributed by atoms with Crippen molar-refractivity contribution in [1.29, 1.82) is 0 Å². The van der Waals surface area contributed by atoms with Crippen LogP contribution in [0.15, 0.2) is 41.3 Å². The Bertz CT molecular complexity index is 1420. The highest BCUT2D eigenvalue weighted by molar-refractivity contribution is 9.10. The molecule has 4 heterocycles. The molecule has 0 atom stereocenters. The molecular formula is C24H22BrClN6O3. The van der Waals surface area contributed by atoms with E-state index < -0.39 is 5.97 Å². The maximum absolute atomic E-state index is 11.3. The van der Waals surface area contributed by atoms with E-state index >= 15 is 0 Å². The number of hydrogen-bond acceptors (Lipinski definition) is 7. The molecule has 1 aliphatic rings. The number of hydrogen-bond donors (Lipinski definition) is 2. The molecule has 0 aromatic carbocycles. The molecule has 0 unspecified atom stereocenters. The lowest BCUT2D eigenvalue weighted by atomic mass is 9.80. The van der Waals surface area contributed by atoms with Gasteiger partial charge in [0, 0.05) is 35.0 Å². The second-order valence-corrected chi connectivity index (χ2v) is 9.72. The highest BCUT2D eigenvalue weighted by Gasteiger charge is 2.30. The number of methoxy groups -OCH3 is 1.